The molecule has 0 aliphatic rings. The highest BCUT2D eigenvalue weighted by atomic mass is 16.5. The zero-order valence-corrected chi connectivity index (χ0v) is 10.8. The quantitative estimate of drug-likeness (QED) is 0.814. The molecule has 0 amide bonds. The molecule has 0 saturated heterocycles. The minimum absolute atomic E-state index is 0.479. The van der Waals surface area contributed by atoms with E-state index < -0.39 is 5.97 Å². The summed E-state index contributed by atoms with van der Waals surface area (Å²) in [4.78, 5) is 10.7. The van der Waals surface area contributed by atoms with Crippen LogP contribution in [0.25, 0.3) is 5.57 Å². The first-order chi connectivity index (χ1) is 8.53. The van der Waals surface area contributed by atoms with Gasteiger partial charge in [-0.05, 0) is 30.2 Å². The molecular weight excluding hydrogens is 236 g/mol. The molecule has 0 bridgehead atoms. The van der Waals surface area contributed by atoms with E-state index in [1.54, 1.807) is 19.1 Å². The summed E-state index contributed by atoms with van der Waals surface area (Å²) < 4.78 is 15.6. The van der Waals surface area contributed by atoms with Crippen LogP contribution in [0.15, 0.2) is 18.2 Å². The lowest BCUT2D eigenvalue weighted by Crippen LogP contribution is -1.97. The van der Waals surface area contributed by atoms with Crippen molar-refractivity contribution in [2.24, 2.45) is 0 Å². The summed E-state index contributed by atoms with van der Waals surface area (Å²) in [6.45, 7) is 1.70. The van der Waals surface area contributed by atoms with Crippen LogP contribution in [0, 0.1) is 0 Å². The van der Waals surface area contributed by atoms with Crippen molar-refractivity contribution in [2.75, 3.05) is 21.3 Å². The normalized spacial score (nSPS) is 11.0. The van der Waals surface area contributed by atoms with Gasteiger partial charge in [0.25, 0.3) is 0 Å². The van der Waals surface area contributed by atoms with Gasteiger partial charge < -0.3 is 19.3 Å². The molecule has 1 aromatic rings. The van der Waals surface area contributed by atoms with Crippen LogP contribution in [0.2, 0.25) is 0 Å². The first-order valence-corrected chi connectivity index (χ1v) is 5.25. The molecular formula is C13H16O5. The van der Waals surface area contributed by atoms with Crippen LogP contribution >= 0.6 is 0 Å². The van der Waals surface area contributed by atoms with Gasteiger partial charge in [0.15, 0.2) is 11.5 Å². The number of hydrogen-bond donors (Lipinski definition) is 1. The highest BCUT2D eigenvalue weighted by Crippen LogP contribution is 2.39. The first kappa shape index (κ1) is 13.9. The number of carboxylic acids is 1. The van der Waals surface area contributed by atoms with Gasteiger partial charge in [-0.25, -0.2) is 4.79 Å². The highest BCUT2D eigenvalue weighted by molar-refractivity contribution is 5.90. The van der Waals surface area contributed by atoms with E-state index in [2.05, 4.69) is 0 Å². The number of aliphatic carboxylic acids is 1. The summed E-state index contributed by atoms with van der Waals surface area (Å²) >= 11 is 0. The van der Waals surface area contributed by atoms with E-state index in [4.69, 9.17) is 19.3 Å². The fourth-order valence-corrected chi connectivity index (χ4v) is 1.58. The Balaban J connectivity index is 3.36. The zero-order valence-electron chi connectivity index (χ0n) is 10.8. The van der Waals surface area contributed by atoms with Gasteiger partial charge in [-0.15, -0.1) is 0 Å². The van der Waals surface area contributed by atoms with Gasteiger partial charge in [0.05, 0.1) is 21.3 Å². The van der Waals surface area contributed by atoms with E-state index in [-0.39, 0.29) is 0 Å². The maximum atomic E-state index is 10.7. The molecule has 0 heterocycles. The van der Waals surface area contributed by atoms with Crippen LogP contribution in [0.4, 0.5) is 0 Å². The fourth-order valence-electron chi connectivity index (χ4n) is 1.58. The van der Waals surface area contributed by atoms with Gasteiger partial charge in [0.2, 0.25) is 5.75 Å². The van der Waals surface area contributed by atoms with E-state index in [1.165, 1.54) is 21.3 Å². The summed E-state index contributed by atoms with van der Waals surface area (Å²) in [5, 5.41) is 8.74. The van der Waals surface area contributed by atoms with Crippen molar-refractivity contribution in [1.82, 2.24) is 0 Å². The van der Waals surface area contributed by atoms with Gasteiger partial charge in [-0.1, -0.05) is 0 Å². The Morgan fingerprint density at radius 1 is 1.11 bits per heavy atom. The molecule has 0 atom stereocenters. The third kappa shape index (κ3) is 2.94. The van der Waals surface area contributed by atoms with Crippen molar-refractivity contribution in [3.05, 3.63) is 23.8 Å². The second-order valence-electron chi connectivity index (χ2n) is 3.58. The fraction of sp³-hybridized carbons (Fsp3) is 0.308. The Bertz CT molecular complexity index is 451. The van der Waals surface area contributed by atoms with Crippen molar-refractivity contribution in [1.29, 1.82) is 0 Å². The number of hydrogen-bond acceptors (Lipinski definition) is 4. The van der Waals surface area contributed by atoms with Crippen LogP contribution in [-0.2, 0) is 4.79 Å². The molecule has 98 valence electrons. The number of ether oxygens (including phenoxy) is 3. The van der Waals surface area contributed by atoms with E-state index >= 15 is 0 Å². The standard InChI is InChI=1S/C13H16O5/c1-8(5-12(14)15)9-6-10(16-2)13(18-4)11(7-9)17-3/h5-7H,1-4H3,(H,14,15). The largest absolute Gasteiger partial charge is 0.493 e. The average Bonchev–Trinajstić information content (AvgIpc) is 2.35. The third-order valence-electron chi connectivity index (χ3n) is 2.46. The number of benzene rings is 1. The van der Waals surface area contributed by atoms with Crippen LogP contribution in [0.1, 0.15) is 12.5 Å². The third-order valence-corrected chi connectivity index (χ3v) is 2.46. The molecule has 0 aliphatic heterocycles. The van der Waals surface area contributed by atoms with Crippen LogP contribution in [0.3, 0.4) is 0 Å². The Hall–Kier alpha value is -2.17. The Morgan fingerprint density at radius 2 is 1.61 bits per heavy atom. The summed E-state index contributed by atoms with van der Waals surface area (Å²) in [6, 6.07) is 3.41. The van der Waals surface area contributed by atoms with Gasteiger partial charge >= 0.3 is 5.97 Å². The van der Waals surface area contributed by atoms with E-state index in [1.807, 2.05) is 0 Å². The summed E-state index contributed by atoms with van der Waals surface area (Å²) in [7, 11) is 4.54. The van der Waals surface area contributed by atoms with Crippen molar-refractivity contribution >= 4 is 11.5 Å². The number of carbonyl (C=O) groups is 1. The molecule has 0 saturated carbocycles. The van der Waals surface area contributed by atoms with Gasteiger partial charge in [-0.2, -0.15) is 0 Å². The lowest BCUT2D eigenvalue weighted by Gasteiger charge is -2.14. The smallest absolute Gasteiger partial charge is 0.328 e. The Labute approximate surface area is 106 Å². The van der Waals surface area contributed by atoms with Gasteiger partial charge in [0, 0.05) is 6.08 Å². The van der Waals surface area contributed by atoms with Crippen molar-refractivity contribution in [3.63, 3.8) is 0 Å². The van der Waals surface area contributed by atoms with Crippen LogP contribution in [0.5, 0.6) is 17.2 Å². The van der Waals surface area contributed by atoms with Crippen LogP contribution in [-0.4, -0.2) is 32.4 Å². The maximum absolute atomic E-state index is 10.7. The molecule has 1 rings (SSSR count). The molecule has 0 radical (unpaired) electrons. The highest BCUT2D eigenvalue weighted by Gasteiger charge is 2.14. The lowest BCUT2D eigenvalue weighted by atomic mass is 10.1. The molecule has 5 nitrogen and oxygen atoms in total. The number of rotatable bonds is 5. The Morgan fingerprint density at radius 3 is 1.94 bits per heavy atom. The second-order valence-corrected chi connectivity index (χ2v) is 3.58. The van der Waals surface area contributed by atoms with E-state index in [0.29, 0.717) is 28.4 Å². The van der Waals surface area contributed by atoms with Crippen LogP contribution < -0.4 is 14.2 Å². The van der Waals surface area contributed by atoms with E-state index in [9.17, 15) is 4.79 Å². The minimum Gasteiger partial charge on any atom is -0.493 e. The van der Waals surface area contributed by atoms with Gasteiger partial charge in [-0.3, -0.25) is 0 Å². The molecule has 18 heavy (non-hydrogen) atoms. The second kappa shape index (κ2) is 5.95. The summed E-state index contributed by atoms with van der Waals surface area (Å²) in [5.41, 5.74) is 1.30. The number of allylic oxidation sites excluding steroid dienone is 1. The average molecular weight is 252 g/mol. The van der Waals surface area contributed by atoms with Crippen molar-refractivity contribution in [3.8, 4) is 17.2 Å². The number of carboxylic acid groups (broad SMARTS) is 1. The molecule has 0 aromatic heterocycles. The molecule has 0 unspecified atom stereocenters. The summed E-state index contributed by atoms with van der Waals surface area (Å²) in [6.07, 6.45) is 1.13. The molecule has 1 aromatic carbocycles. The molecule has 0 fully saturated rings. The first-order valence-electron chi connectivity index (χ1n) is 5.25. The number of methoxy groups -OCH3 is 3. The Kier molecular flexibility index (Phi) is 4.59. The molecule has 0 spiro atoms. The van der Waals surface area contributed by atoms with Crippen molar-refractivity contribution < 1.29 is 24.1 Å². The minimum atomic E-state index is -0.999. The monoisotopic (exact) mass is 252 g/mol. The molecule has 5 heteroatoms. The maximum Gasteiger partial charge on any atom is 0.328 e. The van der Waals surface area contributed by atoms with E-state index in [0.717, 1.165) is 6.08 Å². The SMILES string of the molecule is COc1cc(C(C)=CC(=O)O)cc(OC)c1OC. The molecule has 1 N–H and O–H groups in total. The topological polar surface area (TPSA) is 65.0 Å². The predicted octanol–water partition coefficient (Wildman–Crippen LogP) is 2.20. The summed E-state index contributed by atoms with van der Waals surface area (Å²) in [5.74, 6) is 0.461. The zero-order chi connectivity index (χ0) is 13.7. The molecule has 0 aliphatic carbocycles. The lowest BCUT2D eigenvalue weighted by molar-refractivity contribution is -0.131. The predicted molar refractivity (Wildman–Crippen MR) is 67.4 cm³/mol. The van der Waals surface area contributed by atoms with Gasteiger partial charge in [0.1, 0.15) is 0 Å². The van der Waals surface area contributed by atoms with Crippen molar-refractivity contribution in [2.45, 2.75) is 6.92 Å².